The Hall–Kier alpha value is -0.980. The molecule has 1 saturated heterocycles. The lowest BCUT2D eigenvalue weighted by Crippen LogP contribution is -2.28. The molecule has 0 aliphatic carbocycles. The number of rotatable bonds is 1. The summed E-state index contributed by atoms with van der Waals surface area (Å²) >= 11 is 0. The number of amides is 2. The summed E-state index contributed by atoms with van der Waals surface area (Å²) in [5, 5.41) is -0.162. The minimum atomic E-state index is -4.92. The van der Waals surface area contributed by atoms with Gasteiger partial charge in [0.1, 0.15) is 0 Å². The Kier molecular flexibility index (Phi) is 1.67. The monoisotopic (exact) mass is 181 g/mol. The van der Waals surface area contributed by atoms with Crippen LogP contribution in [-0.2, 0) is 19.8 Å². The van der Waals surface area contributed by atoms with Gasteiger partial charge in [0.2, 0.25) is 11.8 Å². The van der Waals surface area contributed by atoms with E-state index in [1.54, 1.807) is 5.32 Å². The summed E-state index contributed by atoms with van der Waals surface area (Å²) in [6.45, 7) is 0. The van der Waals surface area contributed by atoms with Gasteiger partial charge in [0, 0.05) is 0 Å². The highest BCUT2D eigenvalue weighted by atomic mass is 32.3. The fraction of sp³-hybridized carbons (Fsp3) is 0.500. The molecule has 1 heterocycles. The summed E-state index contributed by atoms with van der Waals surface area (Å²) in [5.41, 5.74) is 0. The van der Waals surface area contributed by atoms with Crippen molar-refractivity contribution in [2.45, 2.75) is 11.7 Å². The standard InChI is InChI=1S/C4H4FNO4S/c5-11(9,10)2-1-3(7)6-4(2)8/h2H,1H2,(H,6,7,8). The van der Waals surface area contributed by atoms with E-state index in [2.05, 4.69) is 0 Å². The lowest BCUT2D eigenvalue weighted by Gasteiger charge is -1.95. The van der Waals surface area contributed by atoms with Gasteiger partial charge in [-0.15, -0.1) is 3.89 Å². The van der Waals surface area contributed by atoms with Crippen molar-refractivity contribution in [2.75, 3.05) is 0 Å². The summed E-state index contributed by atoms with van der Waals surface area (Å²) in [6.07, 6.45) is -0.613. The predicted octanol–water partition coefficient (Wildman–Crippen LogP) is -1.30. The summed E-state index contributed by atoms with van der Waals surface area (Å²) in [5.74, 6) is -1.85. The van der Waals surface area contributed by atoms with E-state index < -0.39 is 33.7 Å². The first kappa shape index (κ1) is 8.12. The minimum absolute atomic E-state index is 0.613. The van der Waals surface area contributed by atoms with E-state index >= 15 is 0 Å². The Bertz CT molecular complexity index is 308. The highest BCUT2D eigenvalue weighted by Crippen LogP contribution is 2.13. The van der Waals surface area contributed by atoms with Crippen LogP contribution in [0.5, 0.6) is 0 Å². The van der Waals surface area contributed by atoms with Gasteiger partial charge in [-0.3, -0.25) is 14.9 Å². The number of halogens is 1. The first-order chi connectivity index (χ1) is 4.91. The Morgan fingerprint density at radius 1 is 1.45 bits per heavy atom. The summed E-state index contributed by atoms with van der Waals surface area (Å²) in [7, 11) is -4.92. The zero-order valence-electron chi connectivity index (χ0n) is 5.20. The summed E-state index contributed by atoms with van der Waals surface area (Å²) < 4.78 is 32.3. The quantitative estimate of drug-likeness (QED) is 0.402. The van der Waals surface area contributed by atoms with Crippen molar-refractivity contribution in [3.05, 3.63) is 0 Å². The molecule has 0 spiro atoms. The first-order valence-electron chi connectivity index (χ1n) is 2.68. The smallest absolute Gasteiger partial charge is 0.295 e. The second-order valence-electron chi connectivity index (χ2n) is 2.08. The highest BCUT2D eigenvalue weighted by Gasteiger charge is 2.40. The molecule has 1 unspecified atom stereocenters. The molecule has 1 atom stereocenters. The Balaban J connectivity index is 2.94. The molecule has 0 aromatic heterocycles. The summed E-state index contributed by atoms with van der Waals surface area (Å²) in [4.78, 5) is 20.8. The van der Waals surface area contributed by atoms with Gasteiger partial charge in [-0.25, -0.2) is 0 Å². The van der Waals surface area contributed by atoms with Gasteiger partial charge >= 0.3 is 10.2 Å². The number of hydrogen-bond donors (Lipinski definition) is 1. The Labute approximate surface area is 61.8 Å². The number of imide groups is 1. The molecule has 0 radical (unpaired) electrons. The topological polar surface area (TPSA) is 80.3 Å². The van der Waals surface area contributed by atoms with Gasteiger partial charge in [-0.2, -0.15) is 8.42 Å². The summed E-state index contributed by atoms with van der Waals surface area (Å²) in [6, 6.07) is 0. The SMILES string of the molecule is O=C1CC(S(=O)(=O)F)C(=O)N1. The fourth-order valence-electron chi connectivity index (χ4n) is 0.757. The Morgan fingerprint density at radius 2 is 2.00 bits per heavy atom. The number of carbonyl (C=O) groups is 2. The molecule has 0 bridgehead atoms. The van der Waals surface area contributed by atoms with Crippen LogP contribution in [0, 0.1) is 0 Å². The van der Waals surface area contributed by atoms with Crippen molar-refractivity contribution in [3.63, 3.8) is 0 Å². The van der Waals surface area contributed by atoms with Crippen molar-refractivity contribution in [1.29, 1.82) is 0 Å². The predicted molar refractivity (Wildman–Crippen MR) is 31.6 cm³/mol. The molecular weight excluding hydrogens is 177 g/mol. The van der Waals surface area contributed by atoms with E-state index in [4.69, 9.17) is 0 Å². The first-order valence-corrected chi connectivity index (χ1v) is 4.13. The molecule has 0 aromatic rings. The maximum atomic E-state index is 12.1. The van der Waals surface area contributed by atoms with Crippen LogP contribution in [0.3, 0.4) is 0 Å². The van der Waals surface area contributed by atoms with Gasteiger partial charge in [-0.1, -0.05) is 0 Å². The van der Waals surface area contributed by atoms with Crippen molar-refractivity contribution < 1.29 is 21.9 Å². The maximum Gasteiger partial charge on any atom is 0.314 e. The van der Waals surface area contributed by atoms with E-state index in [9.17, 15) is 21.9 Å². The lowest BCUT2D eigenvalue weighted by atomic mass is 10.4. The van der Waals surface area contributed by atoms with Crippen molar-refractivity contribution in [2.24, 2.45) is 0 Å². The van der Waals surface area contributed by atoms with Crippen LogP contribution in [0.15, 0.2) is 0 Å². The fourth-order valence-corrected chi connectivity index (χ4v) is 1.42. The average Bonchev–Trinajstić information content (AvgIpc) is 2.08. The second kappa shape index (κ2) is 2.26. The molecule has 7 heteroatoms. The van der Waals surface area contributed by atoms with E-state index in [0.717, 1.165) is 0 Å². The zero-order chi connectivity index (χ0) is 8.65. The van der Waals surface area contributed by atoms with Gasteiger partial charge in [-0.05, 0) is 0 Å². The molecule has 0 saturated carbocycles. The number of carbonyl (C=O) groups excluding carboxylic acids is 2. The molecule has 1 aliphatic heterocycles. The molecule has 62 valence electrons. The van der Waals surface area contributed by atoms with E-state index in [1.165, 1.54) is 0 Å². The molecule has 1 fully saturated rings. The van der Waals surface area contributed by atoms with Crippen LogP contribution in [0.25, 0.3) is 0 Å². The number of nitrogens with one attached hydrogen (secondary N) is 1. The molecule has 5 nitrogen and oxygen atoms in total. The zero-order valence-corrected chi connectivity index (χ0v) is 6.02. The molecule has 1 N–H and O–H groups in total. The highest BCUT2D eigenvalue weighted by molar-refractivity contribution is 7.87. The molecule has 0 aromatic carbocycles. The third-order valence-corrected chi connectivity index (χ3v) is 2.33. The van der Waals surface area contributed by atoms with Crippen molar-refractivity contribution >= 4 is 22.0 Å². The molecule has 2 amide bonds. The van der Waals surface area contributed by atoms with Crippen LogP contribution >= 0.6 is 0 Å². The van der Waals surface area contributed by atoms with E-state index in [1.807, 2.05) is 0 Å². The van der Waals surface area contributed by atoms with Crippen LogP contribution < -0.4 is 5.32 Å². The van der Waals surface area contributed by atoms with Gasteiger partial charge in [0.05, 0.1) is 6.42 Å². The second-order valence-corrected chi connectivity index (χ2v) is 3.60. The van der Waals surface area contributed by atoms with Crippen LogP contribution in [0.1, 0.15) is 6.42 Å². The largest absolute Gasteiger partial charge is 0.314 e. The molecule has 1 rings (SSSR count). The number of hydrogen-bond acceptors (Lipinski definition) is 4. The van der Waals surface area contributed by atoms with Gasteiger partial charge in [0.25, 0.3) is 0 Å². The Morgan fingerprint density at radius 3 is 2.18 bits per heavy atom. The van der Waals surface area contributed by atoms with Crippen LogP contribution in [0.4, 0.5) is 3.89 Å². The maximum absolute atomic E-state index is 12.1. The van der Waals surface area contributed by atoms with Crippen molar-refractivity contribution in [3.8, 4) is 0 Å². The third kappa shape index (κ3) is 1.53. The van der Waals surface area contributed by atoms with E-state index in [0.29, 0.717) is 0 Å². The molecular formula is C4H4FNO4S. The average molecular weight is 181 g/mol. The van der Waals surface area contributed by atoms with Crippen molar-refractivity contribution in [1.82, 2.24) is 5.32 Å². The lowest BCUT2D eigenvalue weighted by molar-refractivity contribution is -0.124. The van der Waals surface area contributed by atoms with Gasteiger partial charge in [0.15, 0.2) is 5.25 Å². The molecule has 1 aliphatic rings. The minimum Gasteiger partial charge on any atom is -0.295 e. The van der Waals surface area contributed by atoms with E-state index in [-0.39, 0.29) is 0 Å². The van der Waals surface area contributed by atoms with Crippen LogP contribution in [-0.4, -0.2) is 25.5 Å². The van der Waals surface area contributed by atoms with Gasteiger partial charge < -0.3 is 0 Å². The molecule has 11 heavy (non-hydrogen) atoms. The normalized spacial score (nSPS) is 25.4. The third-order valence-electron chi connectivity index (χ3n) is 1.27. The van der Waals surface area contributed by atoms with Crippen LogP contribution in [0.2, 0.25) is 0 Å².